The summed E-state index contributed by atoms with van der Waals surface area (Å²) in [5, 5.41) is 58.7. The van der Waals surface area contributed by atoms with Crippen molar-refractivity contribution in [1.82, 2.24) is 0 Å². The fourth-order valence-electron chi connectivity index (χ4n) is 2.07. The van der Waals surface area contributed by atoms with Crippen molar-refractivity contribution in [3.63, 3.8) is 0 Å². The van der Waals surface area contributed by atoms with Crippen molar-refractivity contribution in [3.8, 4) is 17.2 Å². The minimum absolute atomic E-state index is 0.0606. The van der Waals surface area contributed by atoms with Crippen molar-refractivity contribution >= 4 is 12.1 Å². The lowest BCUT2D eigenvalue weighted by atomic mass is 10.0. The van der Waals surface area contributed by atoms with E-state index in [1.807, 2.05) is 0 Å². The Morgan fingerprint density at radius 1 is 1.00 bits per heavy atom. The number of rotatable bonds is 1. The van der Waals surface area contributed by atoms with Crippen molar-refractivity contribution in [2.24, 2.45) is 0 Å². The van der Waals surface area contributed by atoms with Crippen LogP contribution in [0.4, 0.5) is 3.89 Å². The van der Waals surface area contributed by atoms with Crippen LogP contribution in [0.15, 0.2) is 40.3 Å². The summed E-state index contributed by atoms with van der Waals surface area (Å²) < 4.78 is 18.2. The smallest absolute Gasteiger partial charge is 0.207 e. The quantitative estimate of drug-likeness (QED) is 0.427. The van der Waals surface area contributed by atoms with Crippen LogP contribution in [0.5, 0.6) is 17.2 Å². The number of aliphatic hydroxyl groups excluding tert-OH is 4. The van der Waals surface area contributed by atoms with Crippen molar-refractivity contribution < 1.29 is 39.3 Å². The Morgan fingerprint density at radius 3 is 2.17 bits per heavy atom. The minimum atomic E-state index is -1.08. The highest BCUT2D eigenvalue weighted by Gasteiger charge is 2.29. The first-order chi connectivity index (χ1) is 10.7. The van der Waals surface area contributed by atoms with Crippen molar-refractivity contribution in [1.29, 1.82) is 0 Å². The molecular weight excluding hydrogens is 331 g/mol. The van der Waals surface area contributed by atoms with Crippen LogP contribution < -0.4 is 4.74 Å². The number of halogens is 1. The van der Waals surface area contributed by atoms with Gasteiger partial charge in [-0.2, -0.15) is 3.89 Å². The fraction of sp³-hybridized carbons (Fsp3) is 0.143. The molecule has 0 bridgehead atoms. The lowest BCUT2D eigenvalue weighted by Gasteiger charge is -2.18. The minimum Gasteiger partial charge on any atom is -0.508 e. The van der Waals surface area contributed by atoms with Gasteiger partial charge in [-0.15, -0.1) is 0 Å². The molecule has 0 radical (unpaired) electrons. The van der Waals surface area contributed by atoms with E-state index in [0.29, 0.717) is 0 Å². The molecule has 1 aliphatic rings. The van der Waals surface area contributed by atoms with Crippen LogP contribution >= 0.6 is 12.1 Å². The maximum absolute atomic E-state index is 13.0. The topological polar surface area (TPSA) is 131 Å². The predicted molar refractivity (Wildman–Crippen MR) is 79.5 cm³/mol. The van der Waals surface area contributed by atoms with Crippen LogP contribution in [0.2, 0.25) is 0 Å². The first-order valence-electron chi connectivity index (χ1n) is 6.17. The number of phenols is 2. The molecule has 1 heterocycles. The molecule has 0 spiro atoms. The van der Waals surface area contributed by atoms with Gasteiger partial charge in [0.2, 0.25) is 11.5 Å². The van der Waals surface area contributed by atoms with E-state index >= 15 is 0 Å². The van der Waals surface area contributed by atoms with Gasteiger partial charge < -0.3 is 35.4 Å². The maximum atomic E-state index is 13.0. The number of aromatic hydroxyl groups is 2. The third-order valence-corrected chi connectivity index (χ3v) is 3.97. The molecule has 1 aliphatic heterocycles. The Hall–Kier alpha value is -2.68. The largest absolute Gasteiger partial charge is 0.508 e. The van der Waals surface area contributed by atoms with Crippen LogP contribution in [0, 0.1) is 6.92 Å². The van der Waals surface area contributed by atoms with Gasteiger partial charge in [-0.1, -0.05) is 6.58 Å². The number of benzene rings is 1. The Labute approximate surface area is 134 Å². The monoisotopic (exact) mass is 344 g/mol. The number of fused-ring (bicyclic) bond motifs is 1. The van der Waals surface area contributed by atoms with Crippen LogP contribution in [-0.2, 0) is 6.42 Å². The standard InChI is InChI=1S/C14H13FO7S/c1-4-13-6(9(18)12(21)14(4)23-15)3-7(16)10(19)11(20)8(17)5(2)22-13/h16-21H,2-3H2,1H3/b10-7-,11-8-. The highest BCUT2D eigenvalue weighted by atomic mass is 32.2. The summed E-state index contributed by atoms with van der Waals surface area (Å²) in [5.41, 5.74) is -0.129. The molecule has 0 aromatic heterocycles. The van der Waals surface area contributed by atoms with E-state index in [-0.39, 0.29) is 33.9 Å². The molecule has 1 aromatic rings. The molecule has 0 fully saturated rings. The molecule has 0 aliphatic carbocycles. The molecule has 0 saturated heterocycles. The molecule has 6 N–H and O–H groups in total. The molecule has 1 aromatic carbocycles. The molecule has 0 saturated carbocycles. The molecule has 9 heteroatoms. The third kappa shape index (κ3) is 2.59. The molecule has 0 atom stereocenters. The average Bonchev–Trinajstić information content (AvgIpc) is 2.55. The van der Waals surface area contributed by atoms with E-state index in [0.717, 1.165) is 0 Å². The van der Waals surface area contributed by atoms with Gasteiger partial charge in [0.05, 0.1) is 17.0 Å². The van der Waals surface area contributed by atoms with E-state index in [1.54, 1.807) is 0 Å². The molecule has 2 rings (SSSR count). The molecule has 23 heavy (non-hydrogen) atoms. The van der Waals surface area contributed by atoms with E-state index in [4.69, 9.17) is 4.74 Å². The second-order valence-electron chi connectivity index (χ2n) is 4.73. The highest BCUT2D eigenvalue weighted by Crippen LogP contribution is 2.49. The molecule has 0 unspecified atom stereocenters. The normalized spacial score (nSPS) is 21.9. The summed E-state index contributed by atoms with van der Waals surface area (Å²) in [6.45, 7) is 4.71. The van der Waals surface area contributed by atoms with Gasteiger partial charge in [0.1, 0.15) is 11.5 Å². The van der Waals surface area contributed by atoms with E-state index < -0.39 is 46.7 Å². The Balaban J connectivity index is 2.83. The summed E-state index contributed by atoms with van der Waals surface area (Å²) in [6, 6.07) is 0. The Morgan fingerprint density at radius 2 is 1.61 bits per heavy atom. The van der Waals surface area contributed by atoms with E-state index in [2.05, 4.69) is 6.58 Å². The number of hydrogen-bond acceptors (Lipinski definition) is 8. The van der Waals surface area contributed by atoms with Gasteiger partial charge >= 0.3 is 0 Å². The Bertz CT molecular complexity index is 767. The summed E-state index contributed by atoms with van der Waals surface area (Å²) >= 11 is -0.337. The van der Waals surface area contributed by atoms with Crippen molar-refractivity contribution in [2.75, 3.05) is 0 Å². The summed E-state index contributed by atoms with van der Waals surface area (Å²) in [5.74, 6) is -6.16. The van der Waals surface area contributed by atoms with E-state index in [1.165, 1.54) is 6.92 Å². The number of hydrogen-bond donors (Lipinski definition) is 6. The SMILES string of the molecule is C=C1Oc2c(C)c(SF)c(O)c(O)c2C/C(O)=C(O)\C(O)=C/1O. The zero-order valence-electron chi connectivity index (χ0n) is 11.8. The lowest BCUT2D eigenvalue weighted by molar-refractivity contribution is 0.250. The van der Waals surface area contributed by atoms with Crippen LogP contribution in [0.25, 0.3) is 0 Å². The zero-order valence-corrected chi connectivity index (χ0v) is 12.6. The third-order valence-electron chi connectivity index (χ3n) is 3.31. The highest BCUT2D eigenvalue weighted by molar-refractivity contribution is 7.94. The predicted octanol–water partition coefficient (Wildman–Crippen LogP) is 3.49. The van der Waals surface area contributed by atoms with Crippen LogP contribution in [-0.4, -0.2) is 30.6 Å². The molecule has 7 nitrogen and oxygen atoms in total. The lowest BCUT2D eigenvalue weighted by Crippen LogP contribution is -2.04. The van der Waals surface area contributed by atoms with Gasteiger partial charge in [-0.05, 0) is 6.92 Å². The van der Waals surface area contributed by atoms with Crippen LogP contribution in [0.3, 0.4) is 0 Å². The molecule has 124 valence electrons. The first kappa shape index (κ1) is 16.7. The second-order valence-corrected chi connectivity index (χ2v) is 5.29. The fourth-order valence-corrected chi connectivity index (χ4v) is 2.44. The Kier molecular flexibility index (Phi) is 4.24. The van der Waals surface area contributed by atoms with Gasteiger partial charge in [-0.25, -0.2) is 0 Å². The van der Waals surface area contributed by atoms with Gasteiger partial charge in [0.15, 0.2) is 23.0 Å². The zero-order chi connectivity index (χ0) is 17.5. The maximum Gasteiger partial charge on any atom is 0.207 e. The first-order valence-corrected chi connectivity index (χ1v) is 6.89. The van der Waals surface area contributed by atoms with Crippen molar-refractivity contribution in [2.45, 2.75) is 18.2 Å². The second kappa shape index (κ2) is 5.84. The van der Waals surface area contributed by atoms with Gasteiger partial charge in [0.25, 0.3) is 0 Å². The summed E-state index contributed by atoms with van der Waals surface area (Å²) in [7, 11) is 0. The summed E-state index contributed by atoms with van der Waals surface area (Å²) in [4.78, 5) is -0.325. The van der Waals surface area contributed by atoms with E-state index in [9.17, 15) is 34.5 Å². The average molecular weight is 344 g/mol. The van der Waals surface area contributed by atoms with Crippen molar-refractivity contribution in [3.05, 3.63) is 46.5 Å². The van der Waals surface area contributed by atoms with Gasteiger partial charge in [0, 0.05) is 17.5 Å². The number of allylic oxidation sites excluding steroid dienone is 1. The van der Waals surface area contributed by atoms with Gasteiger partial charge in [-0.3, -0.25) is 0 Å². The molecular formula is C14H13FO7S. The molecule has 0 amide bonds. The number of ether oxygens (including phenoxy) is 1. The number of phenolic OH excluding ortho intramolecular Hbond substituents is 2. The van der Waals surface area contributed by atoms with Crippen LogP contribution in [0.1, 0.15) is 11.1 Å². The number of aliphatic hydroxyl groups is 4. The summed E-state index contributed by atoms with van der Waals surface area (Å²) in [6.07, 6.45) is -0.566.